The minimum Gasteiger partial charge on any atom is -0.465 e. The number of aromatic nitrogens is 2. The van der Waals surface area contributed by atoms with Gasteiger partial charge in [0.25, 0.3) is 0 Å². The lowest BCUT2D eigenvalue weighted by atomic mass is 9.97. The first-order chi connectivity index (χ1) is 14.3. The number of imidazole rings is 1. The summed E-state index contributed by atoms with van der Waals surface area (Å²) in [6.45, 7) is 11.6. The number of aryl methyl sites for hydroxylation is 1. The van der Waals surface area contributed by atoms with Crippen LogP contribution in [-0.4, -0.2) is 38.8 Å². The van der Waals surface area contributed by atoms with Crippen molar-refractivity contribution >= 4 is 23.0 Å². The van der Waals surface area contributed by atoms with Crippen molar-refractivity contribution < 1.29 is 24.2 Å². The maximum Gasteiger partial charge on any atom is 0.328 e. The van der Waals surface area contributed by atoms with Crippen molar-refractivity contribution in [1.82, 2.24) is 9.55 Å². The summed E-state index contributed by atoms with van der Waals surface area (Å²) in [7, 11) is 0. The molecule has 1 aromatic heterocycles. The van der Waals surface area contributed by atoms with E-state index in [1.54, 1.807) is 32.9 Å². The van der Waals surface area contributed by atoms with Crippen molar-refractivity contribution in [1.29, 1.82) is 0 Å². The molecule has 2 aromatic rings. The molecule has 2 rings (SSSR count). The van der Waals surface area contributed by atoms with Gasteiger partial charge in [0, 0.05) is 6.54 Å². The van der Waals surface area contributed by atoms with Gasteiger partial charge in [0.15, 0.2) is 0 Å². The van der Waals surface area contributed by atoms with E-state index in [2.05, 4.69) is 4.98 Å². The van der Waals surface area contributed by atoms with E-state index in [-0.39, 0.29) is 12.6 Å². The highest BCUT2D eigenvalue weighted by Gasteiger charge is 2.25. The molecule has 0 saturated carbocycles. The van der Waals surface area contributed by atoms with E-state index in [0.717, 1.165) is 11.9 Å². The number of unbranched alkanes of at least 4 members (excludes halogenated alkanes) is 1. The Labute approximate surface area is 183 Å². The molecule has 1 unspecified atom stereocenters. The van der Waals surface area contributed by atoms with Gasteiger partial charge < -0.3 is 24.9 Å². The summed E-state index contributed by atoms with van der Waals surface area (Å²) < 4.78 is 12.6. The first-order valence-electron chi connectivity index (χ1n) is 10.6. The fourth-order valence-corrected chi connectivity index (χ4v) is 3.02. The molecule has 0 aliphatic carbocycles. The molecule has 0 fully saturated rings. The Morgan fingerprint density at radius 3 is 2.42 bits per heavy atom. The van der Waals surface area contributed by atoms with Gasteiger partial charge in [-0.15, -0.1) is 0 Å². The van der Waals surface area contributed by atoms with Crippen molar-refractivity contribution in [3.63, 3.8) is 0 Å². The van der Waals surface area contributed by atoms with Crippen LogP contribution < -0.4 is 5.73 Å². The summed E-state index contributed by atoms with van der Waals surface area (Å²) in [6, 6.07) is 4.47. The van der Waals surface area contributed by atoms with Crippen molar-refractivity contribution in [3.05, 3.63) is 29.6 Å². The number of aliphatic hydroxyl groups is 1. The molecule has 0 radical (unpaired) electrons. The third-order valence-electron chi connectivity index (χ3n) is 4.63. The first kappa shape index (κ1) is 24.8. The minimum atomic E-state index is -0.913. The van der Waals surface area contributed by atoms with Gasteiger partial charge in [0.2, 0.25) is 0 Å². The van der Waals surface area contributed by atoms with Crippen molar-refractivity contribution in [2.45, 2.75) is 79.2 Å². The van der Waals surface area contributed by atoms with Crippen LogP contribution in [0.1, 0.15) is 71.8 Å². The van der Waals surface area contributed by atoms with E-state index in [1.807, 2.05) is 31.4 Å². The van der Waals surface area contributed by atoms with Gasteiger partial charge in [0.05, 0.1) is 23.1 Å². The zero-order chi connectivity index (χ0) is 23.4. The number of ether oxygens (including phenoxy) is 2. The maximum atomic E-state index is 12.3. The van der Waals surface area contributed by atoms with Crippen LogP contribution in [-0.2, 0) is 32.2 Å². The largest absolute Gasteiger partial charge is 0.465 e. The highest BCUT2D eigenvalue weighted by Crippen LogP contribution is 2.23. The van der Waals surface area contributed by atoms with Crippen molar-refractivity contribution in [2.24, 2.45) is 11.1 Å². The van der Waals surface area contributed by atoms with Gasteiger partial charge in [-0.25, -0.2) is 9.78 Å². The van der Waals surface area contributed by atoms with Crippen LogP contribution in [0.5, 0.6) is 0 Å². The number of benzene rings is 1. The Kier molecular flexibility index (Phi) is 7.83. The van der Waals surface area contributed by atoms with Crippen LogP contribution in [0.2, 0.25) is 0 Å². The maximum absolute atomic E-state index is 12.3. The molecular formula is C23H35N3O5. The van der Waals surface area contributed by atoms with Crippen LogP contribution in [0.15, 0.2) is 18.2 Å². The molecule has 0 bridgehead atoms. The summed E-state index contributed by atoms with van der Waals surface area (Å²) in [6.07, 6.45) is 1.46. The molecule has 0 saturated heterocycles. The van der Waals surface area contributed by atoms with Gasteiger partial charge >= 0.3 is 11.9 Å². The Morgan fingerprint density at radius 1 is 1.16 bits per heavy atom. The Morgan fingerprint density at radius 2 is 1.84 bits per heavy atom. The second kappa shape index (κ2) is 9.78. The predicted octanol–water partition coefficient (Wildman–Crippen LogP) is 3.24. The predicted molar refractivity (Wildman–Crippen MR) is 118 cm³/mol. The third-order valence-corrected chi connectivity index (χ3v) is 4.63. The van der Waals surface area contributed by atoms with Crippen molar-refractivity contribution in [2.75, 3.05) is 6.61 Å². The number of esters is 2. The monoisotopic (exact) mass is 433 g/mol. The average molecular weight is 434 g/mol. The van der Waals surface area contributed by atoms with E-state index < -0.39 is 23.0 Å². The zero-order valence-corrected chi connectivity index (χ0v) is 19.4. The lowest BCUT2D eigenvalue weighted by Gasteiger charge is -2.22. The quantitative estimate of drug-likeness (QED) is 0.485. The van der Waals surface area contributed by atoms with E-state index in [1.165, 1.54) is 0 Å². The van der Waals surface area contributed by atoms with Gasteiger partial charge in [-0.3, -0.25) is 4.79 Å². The standard InChI is InChI=1S/C23H35N3O5/c1-22(2,3)21(29)30-12-8-7-11-26-17-10-9-15(13-16(17)25-18(26)14-27)19(24)20(28)31-23(4,5)6/h9-10,13,19,27H,7-8,11-12,14,24H2,1-6H3. The molecule has 8 nitrogen and oxygen atoms in total. The van der Waals surface area contributed by atoms with Crippen LogP contribution in [0, 0.1) is 5.41 Å². The fraction of sp³-hybridized carbons (Fsp3) is 0.609. The molecule has 0 aliphatic heterocycles. The number of carbonyl (C=O) groups excluding carboxylic acids is 2. The summed E-state index contributed by atoms with van der Waals surface area (Å²) in [4.78, 5) is 28.6. The molecule has 0 spiro atoms. The number of rotatable bonds is 8. The van der Waals surface area contributed by atoms with Gasteiger partial charge in [-0.2, -0.15) is 0 Å². The Hall–Kier alpha value is -2.45. The Bertz CT molecular complexity index is 922. The molecule has 1 atom stereocenters. The van der Waals surface area contributed by atoms with E-state index in [0.29, 0.717) is 36.5 Å². The van der Waals surface area contributed by atoms with Gasteiger partial charge in [-0.1, -0.05) is 6.07 Å². The topological polar surface area (TPSA) is 117 Å². The number of aliphatic hydroxyl groups excluding tert-OH is 1. The molecular weight excluding hydrogens is 398 g/mol. The summed E-state index contributed by atoms with van der Waals surface area (Å²) in [5.74, 6) is -0.186. The highest BCUT2D eigenvalue weighted by atomic mass is 16.6. The number of carbonyl (C=O) groups is 2. The molecule has 31 heavy (non-hydrogen) atoms. The summed E-state index contributed by atoms with van der Waals surface area (Å²) in [5, 5.41) is 9.73. The minimum absolute atomic E-state index is 0.207. The van der Waals surface area contributed by atoms with Crippen LogP contribution in [0.3, 0.4) is 0 Å². The van der Waals surface area contributed by atoms with Crippen LogP contribution in [0.25, 0.3) is 11.0 Å². The number of hydrogen-bond acceptors (Lipinski definition) is 7. The second-order valence-corrected chi connectivity index (χ2v) is 9.69. The molecule has 8 heteroatoms. The molecule has 1 aromatic carbocycles. The Balaban J connectivity index is 2.07. The van der Waals surface area contributed by atoms with E-state index in [4.69, 9.17) is 15.2 Å². The van der Waals surface area contributed by atoms with Crippen molar-refractivity contribution in [3.8, 4) is 0 Å². The number of fused-ring (bicyclic) bond motifs is 1. The molecule has 0 amide bonds. The lowest BCUT2D eigenvalue weighted by molar-refractivity contribution is -0.156. The van der Waals surface area contributed by atoms with Gasteiger partial charge in [0.1, 0.15) is 24.1 Å². The summed E-state index contributed by atoms with van der Waals surface area (Å²) in [5.41, 5.74) is 7.05. The third kappa shape index (κ3) is 6.77. The SMILES string of the molecule is CC(C)(C)OC(=O)C(N)c1ccc2c(c1)nc(CO)n2CCCCOC(=O)C(C)(C)C. The van der Waals surface area contributed by atoms with Crippen LogP contribution >= 0.6 is 0 Å². The fourth-order valence-electron chi connectivity index (χ4n) is 3.02. The number of nitrogens with zero attached hydrogens (tertiary/aromatic N) is 2. The molecule has 0 aliphatic rings. The highest BCUT2D eigenvalue weighted by molar-refractivity contribution is 5.82. The van der Waals surface area contributed by atoms with E-state index in [9.17, 15) is 14.7 Å². The first-order valence-corrected chi connectivity index (χ1v) is 10.6. The normalized spacial score (nSPS) is 13.3. The van der Waals surface area contributed by atoms with Crippen LogP contribution in [0.4, 0.5) is 0 Å². The summed E-state index contributed by atoms with van der Waals surface area (Å²) >= 11 is 0. The van der Waals surface area contributed by atoms with Gasteiger partial charge in [-0.05, 0) is 72.1 Å². The molecule has 3 N–H and O–H groups in total. The van der Waals surface area contributed by atoms with E-state index >= 15 is 0 Å². The average Bonchev–Trinajstić information content (AvgIpc) is 3.01. The molecule has 1 heterocycles. The zero-order valence-electron chi connectivity index (χ0n) is 19.4. The second-order valence-electron chi connectivity index (χ2n) is 9.69. The number of nitrogens with two attached hydrogens (primary N) is 1. The smallest absolute Gasteiger partial charge is 0.328 e. The molecule has 172 valence electrons. The lowest BCUT2D eigenvalue weighted by Crippen LogP contribution is -2.31. The number of hydrogen-bond donors (Lipinski definition) is 2.